The second kappa shape index (κ2) is 6.96. The summed E-state index contributed by atoms with van der Waals surface area (Å²) in [7, 11) is 0. The number of aromatic nitrogens is 1. The lowest BCUT2D eigenvalue weighted by molar-refractivity contribution is -0.123. The Morgan fingerprint density at radius 3 is 2.61 bits per heavy atom. The summed E-state index contributed by atoms with van der Waals surface area (Å²) in [5.74, 6) is -0.399. The standard InChI is InChI=1S/C12H16ClN3O2/c1-8(2)11(17)15-5-6-16-12(18)9-7-14-4-3-10(9)13/h3-4,7-8H,5-6H2,1-2H3,(H,15,17)(H,16,18). The van der Waals surface area contributed by atoms with Gasteiger partial charge in [0, 0.05) is 31.4 Å². The molecule has 0 aliphatic rings. The third-order valence-electron chi connectivity index (χ3n) is 2.25. The quantitative estimate of drug-likeness (QED) is 0.790. The summed E-state index contributed by atoms with van der Waals surface area (Å²) < 4.78 is 0. The van der Waals surface area contributed by atoms with Crippen molar-refractivity contribution in [1.82, 2.24) is 15.6 Å². The van der Waals surface area contributed by atoms with E-state index in [9.17, 15) is 9.59 Å². The van der Waals surface area contributed by atoms with E-state index in [0.717, 1.165) is 0 Å². The van der Waals surface area contributed by atoms with Crippen LogP contribution in [0.5, 0.6) is 0 Å². The molecule has 0 saturated carbocycles. The molecule has 0 spiro atoms. The number of nitrogens with zero attached hydrogens (tertiary/aromatic N) is 1. The lowest BCUT2D eigenvalue weighted by atomic mass is 10.2. The summed E-state index contributed by atoms with van der Waals surface area (Å²) in [6.07, 6.45) is 2.92. The molecule has 98 valence electrons. The Kier molecular flexibility index (Phi) is 5.58. The lowest BCUT2D eigenvalue weighted by Crippen LogP contribution is -2.36. The highest BCUT2D eigenvalue weighted by molar-refractivity contribution is 6.33. The van der Waals surface area contributed by atoms with Gasteiger partial charge in [0.1, 0.15) is 0 Å². The minimum atomic E-state index is -0.299. The lowest BCUT2D eigenvalue weighted by Gasteiger charge is -2.09. The molecular formula is C12H16ClN3O2. The number of hydrogen-bond acceptors (Lipinski definition) is 3. The molecule has 1 heterocycles. The van der Waals surface area contributed by atoms with Crippen molar-refractivity contribution in [2.24, 2.45) is 5.92 Å². The molecule has 0 aliphatic carbocycles. The molecule has 0 unspecified atom stereocenters. The van der Waals surface area contributed by atoms with Crippen molar-refractivity contribution < 1.29 is 9.59 Å². The molecule has 0 atom stereocenters. The van der Waals surface area contributed by atoms with Crippen molar-refractivity contribution in [3.05, 3.63) is 29.0 Å². The van der Waals surface area contributed by atoms with Gasteiger partial charge >= 0.3 is 0 Å². The van der Waals surface area contributed by atoms with Crippen molar-refractivity contribution in [2.75, 3.05) is 13.1 Å². The van der Waals surface area contributed by atoms with Gasteiger partial charge in [0.2, 0.25) is 5.91 Å². The molecule has 0 bridgehead atoms. The summed E-state index contributed by atoms with van der Waals surface area (Å²) in [4.78, 5) is 26.8. The number of amides is 2. The molecule has 2 amide bonds. The number of nitrogens with one attached hydrogen (secondary N) is 2. The second-order valence-corrected chi connectivity index (χ2v) is 4.46. The Hall–Kier alpha value is -1.62. The molecule has 0 aliphatic heterocycles. The Bertz CT molecular complexity index is 435. The van der Waals surface area contributed by atoms with Crippen molar-refractivity contribution in [2.45, 2.75) is 13.8 Å². The van der Waals surface area contributed by atoms with Crippen LogP contribution < -0.4 is 10.6 Å². The predicted molar refractivity (Wildman–Crippen MR) is 69.4 cm³/mol. The van der Waals surface area contributed by atoms with Crippen LogP contribution in [0.3, 0.4) is 0 Å². The topological polar surface area (TPSA) is 71.1 Å². The van der Waals surface area contributed by atoms with E-state index in [0.29, 0.717) is 23.7 Å². The Balaban J connectivity index is 2.35. The van der Waals surface area contributed by atoms with Gasteiger partial charge in [0.05, 0.1) is 10.6 Å². The Morgan fingerprint density at radius 1 is 1.33 bits per heavy atom. The molecule has 1 rings (SSSR count). The van der Waals surface area contributed by atoms with E-state index in [1.807, 2.05) is 13.8 Å². The number of rotatable bonds is 5. The normalized spacial score (nSPS) is 10.2. The average Bonchev–Trinajstić information content (AvgIpc) is 2.34. The van der Waals surface area contributed by atoms with E-state index in [2.05, 4.69) is 15.6 Å². The third kappa shape index (κ3) is 4.33. The fourth-order valence-corrected chi connectivity index (χ4v) is 1.40. The van der Waals surface area contributed by atoms with Gasteiger partial charge in [-0.05, 0) is 6.07 Å². The Labute approximate surface area is 111 Å². The van der Waals surface area contributed by atoms with Crippen LogP contribution in [0.2, 0.25) is 5.02 Å². The molecule has 6 heteroatoms. The highest BCUT2D eigenvalue weighted by atomic mass is 35.5. The molecule has 0 fully saturated rings. The minimum Gasteiger partial charge on any atom is -0.354 e. The average molecular weight is 270 g/mol. The molecular weight excluding hydrogens is 254 g/mol. The maximum absolute atomic E-state index is 11.7. The van der Waals surface area contributed by atoms with Gasteiger partial charge in [0.25, 0.3) is 5.91 Å². The molecule has 5 nitrogen and oxygen atoms in total. The highest BCUT2D eigenvalue weighted by Crippen LogP contribution is 2.12. The van der Waals surface area contributed by atoms with Gasteiger partial charge in [0.15, 0.2) is 0 Å². The summed E-state index contributed by atoms with van der Waals surface area (Å²) in [6.45, 7) is 4.36. The van der Waals surface area contributed by atoms with Crippen LogP contribution in [0.15, 0.2) is 18.5 Å². The molecule has 1 aromatic rings. The van der Waals surface area contributed by atoms with Gasteiger partial charge in [-0.1, -0.05) is 25.4 Å². The maximum Gasteiger partial charge on any atom is 0.254 e. The van der Waals surface area contributed by atoms with E-state index in [1.54, 1.807) is 6.07 Å². The minimum absolute atomic E-state index is 0.0383. The van der Waals surface area contributed by atoms with Crippen molar-refractivity contribution >= 4 is 23.4 Å². The first-order valence-corrected chi connectivity index (χ1v) is 6.05. The van der Waals surface area contributed by atoms with Crippen LogP contribution in [0.25, 0.3) is 0 Å². The van der Waals surface area contributed by atoms with E-state index >= 15 is 0 Å². The SMILES string of the molecule is CC(C)C(=O)NCCNC(=O)c1cnccc1Cl. The van der Waals surface area contributed by atoms with E-state index in [-0.39, 0.29) is 17.7 Å². The number of carbonyl (C=O) groups excluding carboxylic acids is 2. The summed E-state index contributed by atoms with van der Waals surface area (Å²) >= 11 is 5.85. The van der Waals surface area contributed by atoms with Gasteiger partial charge in [-0.2, -0.15) is 0 Å². The zero-order chi connectivity index (χ0) is 13.5. The van der Waals surface area contributed by atoms with E-state index < -0.39 is 0 Å². The van der Waals surface area contributed by atoms with Crippen LogP contribution in [0.1, 0.15) is 24.2 Å². The number of pyridine rings is 1. The van der Waals surface area contributed by atoms with Crippen LogP contribution in [-0.4, -0.2) is 29.9 Å². The number of halogens is 1. The predicted octanol–water partition coefficient (Wildman–Crippen LogP) is 1.24. The van der Waals surface area contributed by atoms with Crippen molar-refractivity contribution in [3.8, 4) is 0 Å². The van der Waals surface area contributed by atoms with Crippen LogP contribution >= 0.6 is 11.6 Å². The smallest absolute Gasteiger partial charge is 0.254 e. The van der Waals surface area contributed by atoms with E-state index in [1.165, 1.54) is 12.4 Å². The summed E-state index contributed by atoms with van der Waals surface area (Å²) in [6, 6.07) is 1.55. The van der Waals surface area contributed by atoms with Gasteiger partial charge in [-0.3, -0.25) is 14.6 Å². The van der Waals surface area contributed by atoms with Crippen LogP contribution in [0, 0.1) is 5.92 Å². The number of carbonyl (C=O) groups is 2. The van der Waals surface area contributed by atoms with Crippen LogP contribution in [0.4, 0.5) is 0 Å². The highest BCUT2D eigenvalue weighted by Gasteiger charge is 2.10. The summed E-state index contributed by atoms with van der Waals surface area (Å²) in [5, 5.41) is 5.71. The first-order chi connectivity index (χ1) is 8.52. The third-order valence-corrected chi connectivity index (χ3v) is 2.58. The second-order valence-electron chi connectivity index (χ2n) is 4.06. The van der Waals surface area contributed by atoms with Crippen LogP contribution in [-0.2, 0) is 4.79 Å². The van der Waals surface area contributed by atoms with Gasteiger partial charge in [-0.25, -0.2) is 0 Å². The molecule has 0 saturated heterocycles. The summed E-state index contributed by atoms with van der Waals surface area (Å²) in [5.41, 5.74) is 0.328. The first kappa shape index (κ1) is 14.4. The molecule has 0 aromatic carbocycles. The fraction of sp³-hybridized carbons (Fsp3) is 0.417. The maximum atomic E-state index is 11.7. The first-order valence-electron chi connectivity index (χ1n) is 5.67. The number of hydrogen-bond donors (Lipinski definition) is 2. The molecule has 1 aromatic heterocycles. The van der Waals surface area contributed by atoms with Crippen molar-refractivity contribution in [3.63, 3.8) is 0 Å². The zero-order valence-corrected chi connectivity index (χ0v) is 11.1. The van der Waals surface area contributed by atoms with E-state index in [4.69, 9.17) is 11.6 Å². The molecule has 18 heavy (non-hydrogen) atoms. The fourth-order valence-electron chi connectivity index (χ4n) is 1.21. The van der Waals surface area contributed by atoms with Crippen molar-refractivity contribution in [1.29, 1.82) is 0 Å². The van der Waals surface area contributed by atoms with Gasteiger partial charge < -0.3 is 10.6 Å². The van der Waals surface area contributed by atoms with Gasteiger partial charge in [-0.15, -0.1) is 0 Å². The zero-order valence-electron chi connectivity index (χ0n) is 10.4. The molecule has 2 N–H and O–H groups in total. The monoisotopic (exact) mass is 269 g/mol. The Morgan fingerprint density at radius 2 is 2.00 bits per heavy atom. The molecule has 0 radical (unpaired) electrons. The largest absolute Gasteiger partial charge is 0.354 e.